The highest BCUT2D eigenvalue weighted by Gasteiger charge is 2.28. The van der Waals surface area contributed by atoms with E-state index in [0.29, 0.717) is 25.3 Å². The molecule has 1 aromatic carbocycles. The summed E-state index contributed by atoms with van der Waals surface area (Å²) in [5.41, 5.74) is 1.30. The molecule has 0 aliphatic carbocycles. The topological polar surface area (TPSA) is 58.6 Å². The molecule has 1 atom stereocenters. The number of carbonyl (C=O) groups excluding carboxylic acids is 2. The Kier molecular flexibility index (Phi) is 5.96. The van der Waals surface area contributed by atoms with Crippen molar-refractivity contribution in [3.63, 3.8) is 0 Å². The molecule has 1 unspecified atom stereocenters. The molecule has 1 aromatic rings. The molecular weight excluding hydrogens is 299 g/mol. The number of hydrogen-bond donors (Lipinski definition) is 1. The maximum absolute atomic E-state index is 13.5. The van der Waals surface area contributed by atoms with E-state index in [-0.39, 0.29) is 30.3 Å². The first-order valence-corrected chi connectivity index (χ1v) is 7.95. The number of nitrogens with zero attached hydrogens (tertiary/aromatic N) is 1. The van der Waals surface area contributed by atoms with Crippen LogP contribution in [0.1, 0.15) is 30.9 Å². The third kappa shape index (κ3) is 4.68. The molecule has 5 nitrogen and oxygen atoms in total. The zero-order valence-corrected chi connectivity index (χ0v) is 13.6. The van der Waals surface area contributed by atoms with Gasteiger partial charge >= 0.3 is 6.09 Å². The molecule has 1 saturated heterocycles. The first-order valence-electron chi connectivity index (χ1n) is 7.95. The minimum absolute atomic E-state index is 0.111. The number of aryl methyl sites for hydroxylation is 1. The first kappa shape index (κ1) is 17.2. The zero-order chi connectivity index (χ0) is 16.8. The maximum atomic E-state index is 13.5. The molecule has 0 bridgehead atoms. The third-order valence-corrected chi connectivity index (χ3v) is 4.02. The van der Waals surface area contributed by atoms with Crippen LogP contribution in [0, 0.1) is 18.7 Å². The Labute approximate surface area is 135 Å². The normalized spacial score (nSPS) is 17.7. The molecule has 2 rings (SSSR count). The van der Waals surface area contributed by atoms with Crippen LogP contribution in [0.5, 0.6) is 0 Å². The number of halogens is 1. The molecule has 1 aliphatic heterocycles. The van der Waals surface area contributed by atoms with Crippen LogP contribution in [0.4, 0.5) is 9.18 Å². The molecule has 1 N–H and O–H groups in total. The number of piperidine rings is 1. The van der Waals surface area contributed by atoms with E-state index in [2.05, 4.69) is 5.32 Å². The minimum atomic E-state index is -0.370. The van der Waals surface area contributed by atoms with Crippen LogP contribution < -0.4 is 5.32 Å². The minimum Gasteiger partial charge on any atom is -0.450 e. The highest BCUT2D eigenvalue weighted by molar-refractivity contribution is 5.80. The Morgan fingerprint density at radius 3 is 2.91 bits per heavy atom. The molecule has 0 saturated carbocycles. The molecule has 0 spiro atoms. The average molecular weight is 322 g/mol. The number of likely N-dealkylation sites (tertiary alicyclic amines) is 1. The summed E-state index contributed by atoms with van der Waals surface area (Å²) in [7, 11) is 0. The van der Waals surface area contributed by atoms with Crippen LogP contribution in [0.25, 0.3) is 0 Å². The van der Waals surface area contributed by atoms with E-state index < -0.39 is 0 Å². The summed E-state index contributed by atoms with van der Waals surface area (Å²) >= 11 is 0. The van der Waals surface area contributed by atoms with Gasteiger partial charge in [-0.2, -0.15) is 0 Å². The lowest BCUT2D eigenvalue weighted by Crippen LogP contribution is -2.45. The Balaban J connectivity index is 1.87. The number of carbonyl (C=O) groups is 2. The van der Waals surface area contributed by atoms with Crippen LogP contribution in [-0.2, 0) is 16.1 Å². The molecular formula is C17H23FN2O3. The van der Waals surface area contributed by atoms with Gasteiger partial charge in [0.1, 0.15) is 5.82 Å². The van der Waals surface area contributed by atoms with Crippen molar-refractivity contribution >= 4 is 12.0 Å². The second-order valence-corrected chi connectivity index (χ2v) is 5.79. The molecule has 1 aliphatic rings. The fourth-order valence-corrected chi connectivity index (χ4v) is 2.65. The van der Waals surface area contributed by atoms with E-state index in [1.165, 1.54) is 6.07 Å². The highest BCUT2D eigenvalue weighted by atomic mass is 19.1. The number of rotatable bonds is 4. The second-order valence-electron chi connectivity index (χ2n) is 5.79. The van der Waals surface area contributed by atoms with Crippen molar-refractivity contribution < 1.29 is 18.7 Å². The highest BCUT2D eigenvalue weighted by Crippen LogP contribution is 2.18. The number of benzene rings is 1. The van der Waals surface area contributed by atoms with E-state index in [4.69, 9.17) is 4.74 Å². The number of nitrogens with one attached hydrogen (secondary N) is 1. The molecule has 0 aromatic heterocycles. The predicted molar refractivity (Wildman–Crippen MR) is 84.3 cm³/mol. The summed E-state index contributed by atoms with van der Waals surface area (Å²) < 4.78 is 18.5. The van der Waals surface area contributed by atoms with Crippen molar-refractivity contribution in [1.29, 1.82) is 0 Å². The molecule has 1 heterocycles. The van der Waals surface area contributed by atoms with Crippen LogP contribution in [0.15, 0.2) is 18.2 Å². The third-order valence-electron chi connectivity index (χ3n) is 4.02. The van der Waals surface area contributed by atoms with Crippen molar-refractivity contribution in [2.75, 3.05) is 19.7 Å². The first-order chi connectivity index (χ1) is 11.0. The monoisotopic (exact) mass is 322 g/mol. The SMILES string of the molecule is CCOC(=O)N1CCCC(C(=O)NCc2ccc(C)c(F)c2)C1. The van der Waals surface area contributed by atoms with E-state index in [1.54, 1.807) is 30.9 Å². The van der Waals surface area contributed by atoms with Crippen molar-refractivity contribution in [2.24, 2.45) is 5.92 Å². The van der Waals surface area contributed by atoms with Gasteiger partial charge in [-0.15, -0.1) is 0 Å². The van der Waals surface area contributed by atoms with Gasteiger partial charge < -0.3 is 15.0 Å². The molecule has 2 amide bonds. The van der Waals surface area contributed by atoms with E-state index in [1.807, 2.05) is 0 Å². The fraction of sp³-hybridized carbons (Fsp3) is 0.529. The summed E-state index contributed by atoms with van der Waals surface area (Å²) in [5, 5.41) is 2.82. The lowest BCUT2D eigenvalue weighted by molar-refractivity contribution is -0.126. The Hall–Kier alpha value is -2.11. The Morgan fingerprint density at radius 2 is 2.22 bits per heavy atom. The van der Waals surface area contributed by atoms with Gasteiger partial charge in [0, 0.05) is 19.6 Å². The van der Waals surface area contributed by atoms with Gasteiger partial charge in [0.25, 0.3) is 0 Å². The largest absolute Gasteiger partial charge is 0.450 e. The van der Waals surface area contributed by atoms with Gasteiger partial charge in [0.05, 0.1) is 12.5 Å². The van der Waals surface area contributed by atoms with Crippen LogP contribution in [0.2, 0.25) is 0 Å². The predicted octanol–water partition coefficient (Wildman–Crippen LogP) is 2.62. The van der Waals surface area contributed by atoms with E-state index in [0.717, 1.165) is 18.4 Å². The zero-order valence-electron chi connectivity index (χ0n) is 13.6. The van der Waals surface area contributed by atoms with Gasteiger partial charge in [-0.25, -0.2) is 9.18 Å². The standard InChI is InChI=1S/C17H23FN2O3/c1-3-23-17(22)20-8-4-5-14(11-20)16(21)19-10-13-7-6-12(2)15(18)9-13/h6-7,9,14H,3-5,8,10-11H2,1-2H3,(H,19,21). The summed E-state index contributed by atoms with van der Waals surface area (Å²) in [6.07, 6.45) is 1.14. The van der Waals surface area contributed by atoms with Gasteiger partial charge in [0.15, 0.2) is 0 Å². The summed E-state index contributed by atoms with van der Waals surface area (Å²) in [4.78, 5) is 25.6. The number of amides is 2. The Bertz CT molecular complexity index is 577. The van der Waals surface area contributed by atoms with Crippen LogP contribution in [0.3, 0.4) is 0 Å². The van der Waals surface area contributed by atoms with Crippen molar-refractivity contribution in [1.82, 2.24) is 10.2 Å². The number of ether oxygens (including phenoxy) is 1. The molecule has 23 heavy (non-hydrogen) atoms. The average Bonchev–Trinajstić information content (AvgIpc) is 2.56. The van der Waals surface area contributed by atoms with Crippen molar-refractivity contribution in [3.05, 3.63) is 35.1 Å². The summed E-state index contributed by atoms with van der Waals surface area (Å²) in [6, 6.07) is 4.92. The van der Waals surface area contributed by atoms with Gasteiger partial charge in [-0.1, -0.05) is 12.1 Å². The van der Waals surface area contributed by atoms with Gasteiger partial charge in [-0.05, 0) is 43.9 Å². The lowest BCUT2D eigenvalue weighted by Gasteiger charge is -2.31. The van der Waals surface area contributed by atoms with Gasteiger partial charge in [-0.3, -0.25) is 4.79 Å². The number of hydrogen-bond acceptors (Lipinski definition) is 3. The van der Waals surface area contributed by atoms with Crippen molar-refractivity contribution in [3.8, 4) is 0 Å². The van der Waals surface area contributed by atoms with E-state index in [9.17, 15) is 14.0 Å². The summed E-state index contributed by atoms with van der Waals surface area (Å²) in [5.74, 6) is -0.633. The fourth-order valence-electron chi connectivity index (χ4n) is 2.65. The quantitative estimate of drug-likeness (QED) is 0.927. The van der Waals surface area contributed by atoms with Crippen molar-refractivity contribution in [2.45, 2.75) is 33.2 Å². The van der Waals surface area contributed by atoms with Crippen LogP contribution >= 0.6 is 0 Å². The molecule has 0 radical (unpaired) electrons. The second kappa shape index (κ2) is 7.94. The summed E-state index contributed by atoms with van der Waals surface area (Å²) in [6.45, 7) is 5.05. The van der Waals surface area contributed by atoms with E-state index >= 15 is 0 Å². The Morgan fingerprint density at radius 1 is 1.43 bits per heavy atom. The van der Waals surface area contributed by atoms with Crippen LogP contribution in [-0.4, -0.2) is 36.6 Å². The molecule has 1 fully saturated rings. The molecule has 126 valence electrons. The molecule has 6 heteroatoms. The lowest BCUT2D eigenvalue weighted by atomic mass is 9.97. The maximum Gasteiger partial charge on any atom is 0.409 e. The van der Waals surface area contributed by atoms with Gasteiger partial charge in [0.2, 0.25) is 5.91 Å². The smallest absolute Gasteiger partial charge is 0.409 e.